The summed E-state index contributed by atoms with van der Waals surface area (Å²) in [5.74, 6) is -0.0583. The molecule has 0 aromatic heterocycles. The number of hydrogen-bond donors (Lipinski definition) is 0. The number of carbonyl (C=O) groups is 4. The molecule has 2 amide bonds. The largest absolute Gasteiger partial charge is 0.490 e. The summed E-state index contributed by atoms with van der Waals surface area (Å²) < 4.78 is 16.3. The quantitative estimate of drug-likeness (QED) is 0.249. The summed E-state index contributed by atoms with van der Waals surface area (Å²) in [4.78, 5) is 50.3. The van der Waals surface area contributed by atoms with Crippen LogP contribution in [0.1, 0.15) is 63.2 Å². The van der Waals surface area contributed by atoms with E-state index in [2.05, 4.69) is 0 Å². The molecule has 0 radical (unpaired) electrons. The van der Waals surface area contributed by atoms with Crippen molar-refractivity contribution in [2.24, 2.45) is 0 Å². The van der Waals surface area contributed by atoms with E-state index in [1.807, 2.05) is 0 Å². The molecule has 0 bridgehead atoms. The van der Waals surface area contributed by atoms with Crippen molar-refractivity contribution in [3.05, 3.63) is 59.2 Å². The van der Waals surface area contributed by atoms with Gasteiger partial charge in [0, 0.05) is 24.9 Å². The Bertz CT molecular complexity index is 1040. The van der Waals surface area contributed by atoms with Crippen molar-refractivity contribution < 1.29 is 33.4 Å². The van der Waals surface area contributed by atoms with E-state index in [9.17, 15) is 19.2 Å². The molecule has 2 aromatic rings. The lowest BCUT2D eigenvalue weighted by atomic mass is 10.1. The van der Waals surface area contributed by atoms with Crippen molar-refractivity contribution in [1.82, 2.24) is 4.90 Å². The smallest absolute Gasteiger partial charge is 0.306 e. The minimum Gasteiger partial charge on any atom is -0.490 e. The number of ether oxygens (including phenoxy) is 3. The third-order valence-corrected chi connectivity index (χ3v) is 5.54. The van der Waals surface area contributed by atoms with Gasteiger partial charge in [-0.2, -0.15) is 0 Å². The molecule has 172 valence electrons. The summed E-state index contributed by atoms with van der Waals surface area (Å²) in [5.41, 5.74) is 1.31. The Morgan fingerprint density at radius 2 is 1.58 bits per heavy atom. The lowest BCUT2D eigenvalue weighted by Gasteiger charge is -2.13. The molecule has 8 nitrogen and oxygen atoms in total. The van der Waals surface area contributed by atoms with Crippen molar-refractivity contribution in [1.29, 1.82) is 0 Å². The molecule has 2 aliphatic rings. The van der Waals surface area contributed by atoms with Gasteiger partial charge in [-0.1, -0.05) is 12.1 Å². The van der Waals surface area contributed by atoms with E-state index in [0.29, 0.717) is 54.2 Å². The lowest BCUT2D eigenvalue weighted by Crippen LogP contribution is -2.30. The van der Waals surface area contributed by atoms with Gasteiger partial charge >= 0.3 is 5.97 Å². The molecular weight excluding hydrogens is 426 g/mol. The van der Waals surface area contributed by atoms with Gasteiger partial charge < -0.3 is 14.2 Å². The molecule has 4 rings (SSSR count). The molecule has 8 heteroatoms. The van der Waals surface area contributed by atoms with Gasteiger partial charge in [0.25, 0.3) is 11.8 Å². The highest BCUT2D eigenvalue weighted by Gasteiger charge is 2.34. The normalized spacial score (nSPS) is 14.6. The second kappa shape index (κ2) is 10.3. The molecule has 2 heterocycles. The van der Waals surface area contributed by atoms with Gasteiger partial charge in [0.2, 0.25) is 0 Å². The maximum atomic E-state index is 12.4. The Morgan fingerprint density at radius 3 is 2.30 bits per heavy atom. The summed E-state index contributed by atoms with van der Waals surface area (Å²) in [7, 11) is 0. The van der Waals surface area contributed by atoms with Crippen LogP contribution in [0.15, 0.2) is 42.5 Å². The van der Waals surface area contributed by atoms with Crippen LogP contribution in [-0.4, -0.2) is 54.8 Å². The van der Waals surface area contributed by atoms with Crippen LogP contribution in [-0.2, 0) is 9.53 Å². The number of carbonyl (C=O) groups excluding carboxylic acids is 4. The highest BCUT2D eigenvalue weighted by Crippen LogP contribution is 2.31. The van der Waals surface area contributed by atoms with Crippen LogP contribution in [0.5, 0.6) is 11.5 Å². The number of esters is 1. The molecule has 2 aliphatic heterocycles. The monoisotopic (exact) mass is 451 g/mol. The molecule has 0 saturated carbocycles. The van der Waals surface area contributed by atoms with Gasteiger partial charge in [-0.25, -0.2) is 0 Å². The number of imide groups is 1. The fourth-order valence-corrected chi connectivity index (χ4v) is 3.77. The third-order valence-electron chi connectivity index (χ3n) is 5.54. The predicted molar refractivity (Wildman–Crippen MR) is 118 cm³/mol. The fraction of sp³-hybridized carbons (Fsp3) is 0.360. The van der Waals surface area contributed by atoms with Crippen molar-refractivity contribution in [3.63, 3.8) is 0 Å². The number of ketones is 1. The predicted octanol–water partition coefficient (Wildman–Crippen LogP) is 3.43. The molecule has 0 N–H and O–H groups in total. The Balaban J connectivity index is 1.15. The fourth-order valence-electron chi connectivity index (χ4n) is 3.77. The molecule has 0 aliphatic carbocycles. The zero-order valence-corrected chi connectivity index (χ0v) is 18.2. The van der Waals surface area contributed by atoms with Crippen LogP contribution < -0.4 is 9.47 Å². The molecule has 2 aromatic carbocycles. The summed E-state index contributed by atoms with van der Waals surface area (Å²) in [6, 6.07) is 11.8. The van der Waals surface area contributed by atoms with Gasteiger partial charge in [0.15, 0.2) is 17.3 Å². The molecular formula is C25H25NO7. The van der Waals surface area contributed by atoms with E-state index in [1.165, 1.54) is 4.90 Å². The molecule has 0 fully saturated rings. The van der Waals surface area contributed by atoms with Gasteiger partial charge in [0.05, 0.1) is 37.4 Å². The highest BCUT2D eigenvalue weighted by molar-refractivity contribution is 6.21. The first kappa shape index (κ1) is 22.5. The van der Waals surface area contributed by atoms with Crippen LogP contribution in [0.2, 0.25) is 0 Å². The maximum Gasteiger partial charge on any atom is 0.306 e. The first-order chi connectivity index (χ1) is 16.0. The number of unbranched alkanes of at least 4 members (excludes halogenated alkanes) is 1. The Morgan fingerprint density at radius 1 is 0.879 bits per heavy atom. The van der Waals surface area contributed by atoms with Crippen LogP contribution in [0, 0.1) is 0 Å². The summed E-state index contributed by atoms with van der Waals surface area (Å²) in [5, 5.41) is 0. The average Bonchev–Trinajstić information content (AvgIpc) is 2.98. The lowest BCUT2D eigenvalue weighted by molar-refractivity contribution is -0.143. The van der Waals surface area contributed by atoms with Gasteiger partial charge in [-0.05, 0) is 43.2 Å². The topological polar surface area (TPSA) is 99.2 Å². The zero-order chi connectivity index (χ0) is 23.2. The standard InChI is InChI=1S/C25H25NO7/c27-20(17-8-10-21-22(16-17)32-15-5-14-31-21)9-11-23(28)33-13-4-3-12-26-24(29)18-6-1-2-7-19(18)25(26)30/h1-2,6-8,10,16H,3-5,9,11-15H2. The number of amides is 2. The van der Waals surface area contributed by atoms with Crippen LogP contribution in [0.25, 0.3) is 0 Å². The summed E-state index contributed by atoms with van der Waals surface area (Å²) in [6.45, 7) is 1.54. The summed E-state index contributed by atoms with van der Waals surface area (Å²) in [6.07, 6.45) is 1.82. The number of Topliss-reactive ketones (excluding diaryl/α,β-unsaturated/α-hetero) is 1. The molecule has 0 atom stereocenters. The number of rotatable bonds is 9. The second-order valence-corrected chi connectivity index (χ2v) is 7.87. The van der Waals surface area contributed by atoms with Gasteiger partial charge in [-0.15, -0.1) is 0 Å². The van der Waals surface area contributed by atoms with Gasteiger partial charge in [0.1, 0.15) is 0 Å². The zero-order valence-electron chi connectivity index (χ0n) is 18.2. The van der Waals surface area contributed by atoms with Crippen molar-refractivity contribution >= 4 is 23.6 Å². The van der Waals surface area contributed by atoms with Gasteiger partial charge in [-0.3, -0.25) is 24.1 Å². The van der Waals surface area contributed by atoms with Crippen molar-refractivity contribution in [2.45, 2.75) is 32.1 Å². The van der Waals surface area contributed by atoms with E-state index < -0.39 is 5.97 Å². The first-order valence-corrected chi connectivity index (χ1v) is 11.1. The average molecular weight is 451 g/mol. The van der Waals surface area contributed by atoms with Crippen LogP contribution >= 0.6 is 0 Å². The minimum absolute atomic E-state index is 0.0221. The third kappa shape index (κ3) is 5.22. The molecule has 0 unspecified atom stereocenters. The van der Waals surface area contributed by atoms with E-state index in [4.69, 9.17) is 14.2 Å². The summed E-state index contributed by atoms with van der Waals surface area (Å²) >= 11 is 0. The number of nitrogens with zero attached hydrogens (tertiary/aromatic N) is 1. The Kier molecular flexibility index (Phi) is 7.02. The molecule has 0 spiro atoms. The number of hydrogen-bond acceptors (Lipinski definition) is 7. The maximum absolute atomic E-state index is 12.4. The van der Waals surface area contributed by atoms with Crippen LogP contribution in [0.3, 0.4) is 0 Å². The second-order valence-electron chi connectivity index (χ2n) is 7.87. The van der Waals surface area contributed by atoms with Crippen molar-refractivity contribution in [2.75, 3.05) is 26.4 Å². The number of fused-ring (bicyclic) bond motifs is 2. The Labute approximate surface area is 191 Å². The van der Waals surface area contributed by atoms with E-state index in [1.54, 1.807) is 42.5 Å². The van der Waals surface area contributed by atoms with Crippen molar-refractivity contribution in [3.8, 4) is 11.5 Å². The SMILES string of the molecule is O=C(CCC(=O)c1ccc2c(c1)OCCCO2)OCCCCN1C(=O)c2ccccc2C1=O. The minimum atomic E-state index is -0.460. The molecule has 33 heavy (non-hydrogen) atoms. The number of benzene rings is 2. The first-order valence-electron chi connectivity index (χ1n) is 11.1. The Hall–Kier alpha value is -3.68. The van der Waals surface area contributed by atoms with Crippen LogP contribution in [0.4, 0.5) is 0 Å². The van der Waals surface area contributed by atoms with E-state index in [0.717, 1.165) is 6.42 Å². The van der Waals surface area contributed by atoms with E-state index in [-0.39, 0.29) is 43.6 Å². The molecule has 0 saturated heterocycles. The van der Waals surface area contributed by atoms with E-state index >= 15 is 0 Å². The highest BCUT2D eigenvalue weighted by atomic mass is 16.5.